The Morgan fingerprint density at radius 1 is 1.22 bits per heavy atom. The van der Waals surface area contributed by atoms with E-state index in [1.807, 2.05) is 18.2 Å². The van der Waals surface area contributed by atoms with Gasteiger partial charge in [0, 0.05) is 17.5 Å². The molecule has 0 spiro atoms. The molecule has 0 aromatic heterocycles. The third-order valence-electron chi connectivity index (χ3n) is 2.35. The van der Waals surface area contributed by atoms with Gasteiger partial charge in [0.1, 0.15) is 18.1 Å². The number of benzene rings is 1. The number of hydrogen-bond donors (Lipinski definition) is 0. The predicted octanol–water partition coefficient (Wildman–Crippen LogP) is 3.64. The van der Waals surface area contributed by atoms with E-state index in [4.69, 9.17) is 14.2 Å². The molecule has 0 heterocycles. The number of halogens is 1. The fourth-order valence-electron chi connectivity index (χ4n) is 1.46. The molecule has 0 aliphatic heterocycles. The SMILES string of the molecule is COc1ccc(OCCOCC(C)C)c(CBr)c1. The number of ether oxygens (including phenoxy) is 3. The molecule has 18 heavy (non-hydrogen) atoms. The quantitative estimate of drug-likeness (QED) is 0.541. The van der Waals surface area contributed by atoms with Gasteiger partial charge in [-0.15, -0.1) is 0 Å². The van der Waals surface area contributed by atoms with Crippen LogP contribution in [-0.4, -0.2) is 26.9 Å². The first-order chi connectivity index (χ1) is 8.67. The van der Waals surface area contributed by atoms with Crippen molar-refractivity contribution in [3.8, 4) is 11.5 Å². The Balaban J connectivity index is 2.41. The van der Waals surface area contributed by atoms with Gasteiger partial charge in [0.05, 0.1) is 13.7 Å². The molecule has 3 nitrogen and oxygen atoms in total. The van der Waals surface area contributed by atoms with E-state index in [0.717, 1.165) is 29.0 Å². The van der Waals surface area contributed by atoms with Gasteiger partial charge in [-0.05, 0) is 24.1 Å². The van der Waals surface area contributed by atoms with Crippen molar-refractivity contribution in [3.05, 3.63) is 23.8 Å². The average molecular weight is 317 g/mol. The third kappa shape index (κ3) is 5.27. The molecule has 0 aliphatic rings. The Kier molecular flexibility index (Phi) is 7.13. The molecule has 102 valence electrons. The number of methoxy groups -OCH3 is 1. The maximum absolute atomic E-state index is 5.70. The van der Waals surface area contributed by atoms with Crippen LogP contribution in [-0.2, 0) is 10.1 Å². The molecule has 4 heteroatoms. The van der Waals surface area contributed by atoms with Gasteiger partial charge in [-0.25, -0.2) is 0 Å². The summed E-state index contributed by atoms with van der Waals surface area (Å²) in [6, 6.07) is 5.80. The zero-order valence-electron chi connectivity index (χ0n) is 11.2. The summed E-state index contributed by atoms with van der Waals surface area (Å²) in [6.07, 6.45) is 0. The summed E-state index contributed by atoms with van der Waals surface area (Å²) in [7, 11) is 1.66. The van der Waals surface area contributed by atoms with E-state index in [9.17, 15) is 0 Å². The number of rotatable bonds is 8. The molecule has 1 aromatic carbocycles. The molecule has 0 saturated carbocycles. The largest absolute Gasteiger partial charge is 0.497 e. The summed E-state index contributed by atoms with van der Waals surface area (Å²) in [5, 5.41) is 0.742. The third-order valence-corrected chi connectivity index (χ3v) is 2.95. The minimum absolute atomic E-state index is 0.559. The van der Waals surface area contributed by atoms with Crippen molar-refractivity contribution in [3.63, 3.8) is 0 Å². The molecule has 0 N–H and O–H groups in total. The number of hydrogen-bond acceptors (Lipinski definition) is 3. The molecule has 1 aromatic rings. The fraction of sp³-hybridized carbons (Fsp3) is 0.571. The molecule has 1 rings (SSSR count). The van der Waals surface area contributed by atoms with Gasteiger partial charge in [-0.3, -0.25) is 0 Å². The first-order valence-electron chi connectivity index (χ1n) is 6.10. The minimum atomic E-state index is 0.559. The van der Waals surface area contributed by atoms with Crippen molar-refractivity contribution in [1.29, 1.82) is 0 Å². The Labute approximate surface area is 118 Å². The van der Waals surface area contributed by atoms with Crippen LogP contribution >= 0.6 is 15.9 Å². The van der Waals surface area contributed by atoms with Crippen LogP contribution in [0.4, 0.5) is 0 Å². The Morgan fingerprint density at radius 3 is 2.61 bits per heavy atom. The van der Waals surface area contributed by atoms with Crippen molar-refractivity contribution in [2.75, 3.05) is 26.9 Å². The first-order valence-corrected chi connectivity index (χ1v) is 7.23. The highest BCUT2D eigenvalue weighted by Gasteiger charge is 2.04. The van der Waals surface area contributed by atoms with E-state index < -0.39 is 0 Å². The lowest BCUT2D eigenvalue weighted by atomic mass is 10.2. The molecule has 0 saturated heterocycles. The highest BCUT2D eigenvalue weighted by atomic mass is 79.9. The highest BCUT2D eigenvalue weighted by Crippen LogP contribution is 2.26. The van der Waals surface area contributed by atoms with Crippen LogP contribution in [0.3, 0.4) is 0 Å². The summed E-state index contributed by atoms with van der Waals surface area (Å²) in [5.41, 5.74) is 1.08. The van der Waals surface area contributed by atoms with Gasteiger partial charge in [-0.1, -0.05) is 29.8 Å². The second-order valence-corrected chi connectivity index (χ2v) is 4.99. The van der Waals surface area contributed by atoms with Gasteiger partial charge in [0.2, 0.25) is 0 Å². The second-order valence-electron chi connectivity index (χ2n) is 4.42. The molecular weight excluding hydrogens is 296 g/mol. The first kappa shape index (κ1) is 15.3. The van der Waals surface area contributed by atoms with Gasteiger partial charge < -0.3 is 14.2 Å². The lowest BCUT2D eigenvalue weighted by molar-refractivity contribution is 0.0817. The zero-order chi connectivity index (χ0) is 13.4. The Morgan fingerprint density at radius 2 is 2.00 bits per heavy atom. The van der Waals surface area contributed by atoms with Gasteiger partial charge in [0.25, 0.3) is 0 Å². The zero-order valence-corrected chi connectivity index (χ0v) is 12.8. The standard InChI is InChI=1S/C14H21BrO3/c1-11(2)10-17-6-7-18-14-5-4-13(16-3)8-12(14)9-15/h4-5,8,11H,6-7,9-10H2,1-3H3. The predicted molar refractivity (Wildman–Crippen MR) is 76.8 cm³/mol. The van der Waals surface area contributed by atoms with Crippen LogP contribution in [0.1, 0.15) is 19.4 Å². The van der Waals surface area contributed by atoms with E-state index in [1.54, 1.807) is 7.11 Å². The van der Waals surface area contributed by atoms with Crippen LogP contribution in [0.2, 0.25) is 0 Å². The maximum Gasteiger partial charge on any atom is 0.123 e. The minimum Gasteiger partial charge on any atom is -0.497 e. The maximum atomic E-state index is 5.70. The van der Waals surface area contributed by atoms with Crippen LogP contribution < -0.4 is 9.47 Å². The van der Waals surface area contributed by atoms with E-state index in [-0.39, 0.29) is 0 Å². The summed E-state index contributed by atoms with van der Waals surface area (Å²) >= 11 is 3.45. The fourth-order valence-corrected chi connectivity index (χ4v) is 1.90. The topological polar surface area (TPSA) is 27.7 Å². The van der Waals surface area contributed by atoms with Gasteiger partial charge >= 0.3 is 0 Å². The summed E-state index contributed by atoms with van der Waals surface area (Å²) in [6.45, 7) is 6.22. The van der Waals surface area contributed by atoms with E-state index >= 15 is 0 Å². The molecule has 0 unspecified atom stereocenters. The van der Waals surface area contributed by atoms with Crippen LogP contribution in [0.5, 0.6) is 11.5 Å². The van der Waals surface area contributed by atoms with E-state index in [1.165, 1.54) is 0 Å². The molecule has 0 aliphatic carbocycles. The van der Waals surface area contributed by atoms with Gasteiger partial charge in [-0.2, -0.15) is 0 Å². The Hall–Kier alpha value is -0.740. The highest BCUT2D eigenvalue weighted by molar-refractivity contribution is 9.08. The monoisotopic (exact) mass is 316 g/mol. The van der Waals surface area contributed by atoms with Crippen molar-refractivity contribution in [1.82, 2.24) is 0 Å². The average Bonchev–Trinajstić information content (AvgIpc) is 2.38. The normalized spacial score (nSPS) is 10.7. The Bertz CT molecular complexity index is 353. The van der Waals surface area contributed by atoms with E-state index in [2.05, 4.69) is 29.8 Å². The van der Waals surface area contributed by atoms with Crippen LogP contribution in [0, 0.1) is 5.92 Å². The van der Waals surface area contributed by atoms with Crippen molar-refractivity contribution >= 4 is 15.9 Å². The molecule has 0 atom stereocenters. The van der Waals surface area contributed by atoms with Crippen molar-refractivity contribution in [2.24, 2.45) is 5.92 Å². The van der Waals surface area contributed by atoms with Crippen LogP contribution in [0.15, 0.2) is 18.2 Å². The van der Waals surface area contributed by atoms with Crippen molar-refractivity contribution in [2.45, 2.75) is 19.2 Å². The van der Waals surface area contributed by atoms with Crippen LogP contribution in [0.25, 0.3) is 0 Å². The summed E-state index contributed by atoms with van der Waals surface area (Å²) in [4.78, 5) is 0. The van der Waals surface area contributed by atoms with E-state index in [0.29, 0.717) is 19.1 Å². The molecule has 0 radical (unpaired) electrons. The smallest absolute Gasteiger partial charge is 0.123 e. The summed E-state index contributed by atoms with van der Waals surface area (Å²) in [5.74, 6) is 2.28. The van der Waals surface area contributed by atoms with Gasteiger partial charge in [0.15, 0.2) is 0 Å². The lowest BCUT2D eigenvalue weighted by Crippen LogP contribution is -2.10. The molecule has 0 amide bonds. The van der Waals surface area contributed by atoms with Crippen molar-refractivity contribution < 1.29 is 14.2 Å². The summed E-state index contributed by atoms with van der Waals surface area (Å²) < 4.78 is 16.4. The molecule has 0 bridgehead atoms. The molecule has 0 fully saturated rings. The molecular formula is C14H21BrO3. The lowest BCUT2D eigenvalue weighted by Gasteiger charge is -2.12. The number of alkyl halides is 1. The second kappa shape index (κ2) is 8.38.